The highest BCUT2D eigenvalue weighted by Crippen LogP contribution is 2.41. The van der Waals surface area contributed by atoms with Gasteiger partial charge in [0.1, 0.15) is 5.82 Å². The number of halogens is 2. The first-order chi connectivity index (χ1) is 9.65. The first-order valence-corrected chi connectivity index (χ1v) is 7.26. The van der Waals surface area contributed by atoms with E-state index in [0.29, 0.717) is 18.8 Å². The minimum Gasteiger partial charge on any atom is -0.388 e. The van der Waals surface area contributed by atoms with E-state index in [1.807, 2.05) is 37.4 Å². The summed E-state index contributed by atoms with van der Waals surface area (Å²) in [6.07, 6.45) is 0. The molecule has 0 aromatic heterocycles. The van der Waals surface area contributed by atoms with Crippen LogP contribution in [0.15, 0.2) is 46.9 Å². The highest BCUT2D eigenvalue weighted by molar-refractivity contribution is 9.10. The van der Waals surface area contributed by atoms with Gasteiger partial charge in [0, 0.05) is 22.8 Å². The molecule has 1 aliphatic rings. The van der Waals surface area contributed by atoms with Crippen LogP contribution in [0.5, 0.6) is 0 Å². The van der Waals surface area contributed by atoms with Crippen LogP contribution in [-0.2, 0) is 10.2 Å². The van der Waals surface area contributed by atoms with Crippen LogP contribution < -0.4 is 5.32 Å². The zero-order valence-corrected chi connectivity index (χ0v) is 12.7. The normalized spacial score (nSPS) is 16.6. The second-order valence-electron chi connectivity index (χ2n) is 5.03. The van der Waals surface area contributed by atoms with Crippen molar-refractivity contribution in [3.63, 3.8) is 0 Å². The first kappa shape index (κ1) is 13.6. The molecule has 1 aliphatic heterocycles. The Morgan fingerprint density at radius 2 is 1.85 bits per heavy atom. The molecular weight excluding hydrogens is 321 g/mol. The number of hydrogen-bond acceptors (Lipinski definition) is 2. The molecule has 0 saturated carbocycles. The zero-order valence-electron chi connectivity index (χ0n) is 11.1. The van der Waals surface area contributed by atoms with Crippen molar-refractivity contribution < 1.29 is 9.13 Å². The maximum absolute atomic E-state index is 14.2. The molecule has 1 saturated heterocycles. The predicted octanol–water partition coefficient (Wildman–Crippen LogP) is 3.95. The van der Waals surface area contributed by atoms with E-state index in [2.05, 4.69) is 21.2 Å². The summed E-state index contributed by atoms with van der Waals surface area (Å²) in [6.45, 7) is 1.03. The van der Waals surface area contributed by atoms with Crippen LogP contribution >= 0.6 is 15.9 Å². The molecule has 0 unspecified atom stereocenters. The van der Waals surface area contributed by atoms with E-state index in [-0.39, 0.29) is 11.2 Å². The Kier molecular flexibility index (Phi) is 3.52. The smallest absolute Gasteiger partial charge is 0.127 e. The van der Waals surface area contributed by atoms with Gasteiger partial charge in [0.2, 0.25) is 0 Å². The van der Waals surface area contributed by atoms with Gasteiger partial charge in [0.25, 0.3) is 0 Å². The third kappa shape index (κ3) is 2.13. The van der Waals surface area contributed by atoms with E-state index in [1.54, 1.807) is 6.07 Å². The number of rotatable bonds is 3. The molecule has 1 N–H and O–H groups in total. The molecule has 1 fully saturated rings. The van der Waals surface area contributed by atoms with Gasteiger partial charge in [-0.1, -0.05) is 28.1 Å². The standard InChI is InChI=1S/C16H15BrFNO/c1-19-13-5-2-11(3-6-13)16(9-20-10-16)14-8-12(17)4-7-15(14)18/h2-8,19H,9-10H2,1H3. The summed E-state index contributed by atoms with van der Waals surface area (Å²) in [5, 5.41) is 3.09. The van der Waals surface area contributed by atoms with Crippen LogP contribution in [0.2, 0.25) is 0 Å². The van der Waals surface area contributed by atoms with Crippen LogP contribution in [0.3, 0.4) is 0 Å². The monoisotopic (exact) mass is 335 g/mol. The van der Waals surface area contributed by atoms with Gasteiger partial charge in [0.05, 0.1) is 18.6 Å². The molecule has 0 atom stereocenters. The average molecular weight is 336 g/mol. The van der Waals surface area contributed by atoms with Crippen molar-refractivity contribution in [2.45, 2.75) is 5.41 Å². The van der Waals surface area contributed by atoms with Gasteiger partial charge < -0.3 is 10.1 Å². The van der Waals surface area contributed by atoms with Crippen molar-refractivity contribution in [1.29, 1.82) is 0 Å². The van der Waals surface area contributed by atoms with Crippen molar-refractivity contribution in [1.82, 2.24) is 0 Å². The highest BCUT2D eigenvalue weighted by Gasteiger charge is 2.43. The van der Waals surface area contributed by atoms with Gasteiger partial charge in [-0.3, -0.25) is 0 Å². The van der Waals surface area contributed by atoms with E-state index in [4.69, 9.17) is 4.74 Å². The van der Waals surface area contributed by atoms with Crippen LogP contribution in [-0.4, -0.2) is 20.3 Å². The topological polar surface area (TPSA) is 21.3 Å². The van der Waals surface area contributed by atoms with Crippen LogP contribution in [0.4, 0.5) is 10.1 Å². The zero-order chi connectivity index (χ0) is 14.2. The first-order valence-electron chi connectivity index (χ1n) is 6.47. The van der Waals surface area contributed by atoms with Gasteiger partial charge in [-0.05, 0) is 35.9 Å². The molecule has 0 spiro atoms. The summed E-state index contributed by atoms with van der Waals surface area (Å²) in [5.41, 5.74) is 2.44. The molecule has 3 rings (SSSR count). The predicted molar refractivity (Wildman–Crippen MR) is 81.7 cm³/mol. The molecule has 104 valence electrons. The van der Waals surface area contributed by atoms with Crippen LogP contribution in [0.1, 0.15) is 11.1 Å². The van der Waals surface area contributed by atoms with Crippen molar-refractivity contribution in [3.05, 3.63) is 63.9 Å². The van der Waals surface area contributed by atoms with Gasteiger partial charge in [-0.2, -0.15) is 0 Å². The second kappa shape index (κ2) is 5.19. The Morgan fingerprint density at radius 3 is 2.40 bits per heavy atom. The fraction of sp³-hybridized carbons (Fsp3) is 0.250. The molecular formula is C16H15BrFNO. The van der Waals surface area contributed by atoms with Gasteiger partial charge in [-0.25, -0.2) is 4.39 Å². The van der Waals surface area contributed by atoms with E-state index in [1.165, 1.54) is 6.07 Å². The summed E-state index contributed by atoms with van der Waals surface area (Å²) in [7, 11) is 1.88. The molecule has 2 nitrogen and oxygen atoms in total. The Bertz CT molecular complexity index is 623. The Morgan fingerprint density at radius 1 is 1.15 bits per heavy atom. The summed E-state index contributed by atoms with van der Waals surface area (Å²) in [6, 6.07) is 13.2. The van der Waals surface area contributed by atoms with Gasteiger partial charge in [0.15, 0.2) is 0 Å². The molecule has 0 aliphatic carbocycles. The van der Waals surface area contributed by atoms with Crippen molar-refractivity contribution in [2.24, 2.45) is 0 Å². The van der Waals surface area contributed by atoms with E-state index >= 15 is 0 Å². The van der Waals surface area contributed by atoms with Crippen molar-refractivity contribution >= 4 is 21.6 Å². The fourth-order valence-corrected chi connectivity index (χ4v) is 2.97. The Labute approximate surface area is 126 Å². The molecule has 1 heterocycles. The maximum atomic E-state index is 14.2. The Balaban J connectivity index is 2.08. The lowest BCUT2D eigenvalue weighted by atomic mass is 9.72. The fourth-order valence-electron chi connectivity index (χ4n) is 2.60. The average Bonchev–Trinajstić information content (AvgIpc) is 2.42. The lowest BCUT2D eigenvalue weighted by Gasteiger charge is -2.42. The number of ether oxygens (including phenoxy) is 1. The lowest BCUT2D eigenvalue weighted by molar-refractivity contribution is -0.0395. The SMILES string of the molecule is CNc1ccc(C2(c3cc(Br)ccc3F)COC2)cc1. The maximum Gasteiger partial charge on any atom is 0.127 e. The summed E-state index contributed by atoms with van der Waals surface area (Å²) < 4.78 is 20.5. The molecule has 0 bridgehead atoms. The van der Waals surface area contributed by atoms with Crippen LogP contribution in [0.25, 0.3) is 0 Å². The molecule has 2 aromatic carbocycles. The molecule has 20 heavy (non-hydrogen) atoms. The van der Waals surface area contributed by atoms with Gasteiger partial charge >= 0.3 is 0 Å². The van der Waals surface area contributed by atoms with E-state index in [0.717, 1.165) is 15.7 Å². The van der Waals surface area contributed by atoms with Crippen LogP contribution in [0, 0.1) is 5.82 Å². The number of anilines is 1. The summed E-state index contributed by atoms with van der Waals surface area (Å²) in [5.74, 6) is -0.186. The largest absolute Gasteiger partial charge is 0.388 e. The third-order valence-corrected chi connectivity index (χ3v) is 4.36. The molecule has 0 radical (unpaired) electrons. The summed E-state index contributed by atoms with van der Waals surface area (Å²) in [4.78, 5) is 0. The number of benzene rings is 2. The second-order valence-corrected chi connectivity index (χ2v) is 5.94. The molecule has 0 amide bonds. The molecule has 2 aromatic rings. The third-order valence-electron chi connectivity index (χ3n) is 3.87. The van der Waals surface area contributed by atoms with Crippen molar-refractivity contribution in [3.8, 4) is 0 Å². The van der Waals surface area contributed by atoms with E-state index in [9.17, 15) is 4.39 Å². The minimum absolute atomic E-state index is 0.186. The lowest BCUT2D eigenvalue weighted by Crippen LogP contribution is -2.48. The van der Waals surface area contributed by atoms with Gasteiger partial charge in [-0.15, -0.1) is 0 Å². The Hall–Kier alpha value is -1.39. The highest BCUT2D eigenvalue weighted by atomic mass is 79.9. The number of nitrogens with one attached hydrogen (secondary N) is 1. The van der Waals surface area contributed by atoms with E-state index < -0.39 is 0 Å². The minimum atomic E-state index is -0.375. The summed E-state index contributed by atoms with van der Waals surface area (Å²) >= 11 is 3.42. The molecule has 4 heteroatoms. The quantitative estimate of drug-likeness (QED) is 0.917. The number of hydrogen-bond donors (Lipinski definition) is 1. The van der Waals surface area contributed by atoms with Crippen molar-refractivity contribution in [2.75, 3.05) is 25.6 Å².